The Morgan fingerprint density at radius 1 is 1.00 bits per heavy atom. The Kier molecular flexibility index (Phi) is 11.4. The van der Waals surface area contributed by atoms with Gasteiger partial charge in [0.15, 0.2) is 0 Å². The fourth-order valence-corrected chi connectivity index (χ4v) is 3.76. The van der Waals surface area contributed by atoms with Crippen LogP contribution in [0.1, 0.15) is 24.1 Å². The van der Waals surface area contributed by atoms with Crippen molar-refractivity contribution in [2.45, 2.75) is 56.6 Å². The van der Waals surface area contributed by atoms with E-state index in [1.165, 1.54) is 0 Å². The van der Waals surface area contributed by atoms with Crippen LogP contribution in [0.3, 0.4) is 0 Å². The normalized spacial score (nSPS) is 21.3. The third kappa shape index (κ3) is 10.2. The zero-order chi connectivity index (χ0) is 28.3. The number of pyridine rings is 2. The van der Waals surface area contributed by atoms with Crippen LogP contribution in [0, 0.1) is 0 Å². The van der Waals surface area contributed by atoms with E-state index in [0.29, 0.717) is 12.6 Å². The number of halogens is 6. The highest BCUT2D eigenvalue weighted by atomic mass is 19.4. The lowest BCUT2D eigenvalue weighted by Gasteiger charge is -2.30. The maximum absolute atomic E-state index is 10.6. The van der Waals surface area contributed by atoms with Crippen LogP contribution in [0.2, 0.25) is 0 Å². The largest absolute Gasteiger partial charge is 0.490 e. The summed E-state index contributed by atoms with van der Waals surface area (Å²) in [5.41, 5.74) is 2.21. The molecule has 15 heteroatoms. The number of ether oxygens (including phenoxy) is 2. The highest BCUT2D eigenvalue weighted by Gasteiger charge is 2.43. The molecule has 1 aliphatic carbocycles. The quantitative estimate of drug-likeness (QED) is 0.534. The lowest BCUT2D eigenvalue weighted by Crippen LogP contribution is -2.42. The number of alkyl halides is 6. The fraction of sp³-hybridized carbons (Fsp3) is 0.478. The molecule has 0 spiro atoms. The average Bonchev–Trinajstić information content (AvgIpc) is 3.17. The summed E-state index contributed by atoms with van der Waals surface area (Å²) in [6, 6.07) is 10.5. The lowest BCUT2D eigenvalue weighted by molar-refractivity contribution is -0.193. The Labute approximate surface area is 213 Å². The minimum Gasteiger partial charge on any atom is -0.475 e. The number of aliphatic carboxylic acids is 2. The lowest BCUT2D eigenvalue weighted by atomic mass is 10.1. The summed E-state index contributed by atoms with van der Waals surface area (Å²) < 4.78 is 75.8. The predicted octanol–water partition coefficient (Wildman–Crippen LogP) is 3.69. The van der Waals surface area contributed by atoms with Crippen LogP contribution in [-0.4, -0.2) is 80.8 Å². The number of carboxylic acid groups (broad SMARTS) is 2. The van der Waals surface area contributed by atoms with Gasteiger partial charge < -0.3 is 19.7 Å². The van der Waals surface area contributed by atoms with Gasteiger partial charge in [-0.2, -0.15) is 26.3 Å². The Balaban J connectivity index is 0.000000301. The first-order valence-corrected chi connectivity index (χ1v) is 11.1. The van der Waals surface area contributed by atoms with Gasteiger partial charge in [-0.3, -0.25) is 14.9 Å². The molecule has 3 unspecified atom stereocenters. The van der Waals surface area contributed by atoms with Crippen molar-refractivity contribution in [3.63, 3.8) is 0 Å². The van der Waals surface area contributed by atoms with Gasteiger partial charge in [0.2, 0.25) is 0 Å². The minimum atomic E-state index is -5.08. The first-order chi connectivity index (χ1) is 17.8. The number of fused-ring (bicyclic) bond motifs is 2. The summed E-state index contributed by atoms with van der Waals surface area (Å²) in [6.07, 6.45) is -2.13. The molecule has 1 saturated carbocycles. The third-order valence-electron chi connectivity index (χ3n) is 5.41. The van der Waals surface area contributed by atoms with Crippen LogP contribution in [0.5, 0.6) is 0 Å². The topological polar surface area (TPSA) is 122 Å². The maximum atomic E-state index is 10.6. The molecule has 38 heavy (non-hydrogen) atoms. The zero-order valence-electron chi connectivity index (χ0n) is 19.7. The van der Waals surface area contributed by atoms with E-state index in [1.807, 2.05) is 30.6 Å². The van der Waals surface area contributed by atoms with Crippen LogP contribution in [0.4, 0.5) is 26.3 Å². The maximum Gasteiger partial charge on any atom is 0.490 e. The molecular weight excluding hydrogens is 528 g/mol. The first-order valence-electron chi connectivity index (χ1n) is 11.1. The van der Waals surface area contributed by atoms with Crippen molar-refractivity contribution in [1.82, 2.24) is 14.9 Å². The van der Waals surface area contributed by atoms with E-state index in [2.05, 4.69) is 27.0 Å². The van der Waals surface area contributed by atoms with Gasteiger partial charge in [0.25, 0.3) is 0 Å². The van der Waals surface area contributed by atoms with Crippen LogP contribution < -0.4 is 0 Å². The highest BCUT2D eigenvalue weighted by Crippen LogP contribution is 2.33. The monoisotopic (exact) mass is 553 g/mol. The van der Waals surface area contributed by atoms with Crippen molar-refractivity contribution in [2.24, 2.45) is 0 Å². The molecule has 1 aliphatic heterocycles. The van der Waals surface area contributed by atoms with Gasteiger partial charge in [0.1, 0.15) is 0 Å². The molecule has 2 aromatic rings. The number of carbonyl (C=O) groups is 2. The van der Waals surface area contributed by atoms with Crippen LogP contribution >= 0.6 is 0 Å². The summed E-state index contributed by atoms with van der Waals surface area (Å²) in [7, 11) is 0. The Bertz CT molecular complexity index is 986. The summed E-state index contributed by atoms with van der Waals surface area (Å²) in [5, 5.41) is 14.2. The first kappa shape index (κ1) is 30.9. The Morgan fingerprint density at radius 3 is 2.18 bits per heavy atom. The number of hydrogen-bond donors (Lipinski definition) is 2. The smallest absolute Gasteiger partial charge is 0.475 e. The van der Waals surface area contributed by atoms with Gasteiger partial charge in [0, 0.05) is 37.7 Å². The molecule has 1 saturated heterocycles. The van der Waals surface area contributed by atoms with E-state index in [-0.39, 0.29) is 12.2 Å². The molecule has 0 aromatic carbocycles. The van der Waals surface area contributed by atoms with Gasteiger partial charge >= 0.3 is 24.3 Å². The highest BCUT2D eigenvalue weighted by molar-refractivity contribution is 5.73. The molecule has 0 radical (unpaired) electrons. The molecule has 2 bridgehead atoms. The average molecular weight is 553 g/mol. The van der Waals surface area contributed by atoms with Gasteiger partial charge in [-0.1, -0.05) is 12.1 Å². The van der Waals surface area contributed by atoms with E-state index in [4.69, 9.17) is 29.3 Å². The molecule has 2 fully saturated rings. The van der Waals surface area contributed by atoms with Crippen molar-refractivity contribution >= 4 is 11.9 Å². The predicted molar refractivity (Wildman–Crippen MR) is 118 cm³/mol. The molecule has 9 nitrogen and oxygen atoms in total. The van der Waals surface area contributed by atoms with Gasteiger partial charge in [-0.15, -0.1) is 0 Å². The molecule has 0 amide bonds. The van der Waals surface area contributed by atoms with Crippen molar-refractivity contribution in [3.8, 4) is 0 Å². The summed E-state index contributed by atoms with van der Waals surface area (Å²) >= 11 is 0. The number of nitrogens with zero attached hydrogens (tertiary/aromatic N) is 3. The molecule has 210 valence electrons. The second-order valence-electron chi connectivity index (χ2n) is 8.09. The SMILES string of the molecule is O=C(O)C(F)(F)F.O=C(O)C(F)(F)F.c1ccc(CN2CCOC3CCC2C3OCc2cccnc2)nc1. The molecule has 3 heterocycles. The molecule has 3 atom stereocenters. The molecule has 2 N–H and O–H groups in total. The van der Waals surface area contributed by atoms with E-state index in [0.717, 1.165) is 43.8 Å². The van der Waals surface area contributed by atoms with E-state index >= 15 is 0 Å². The van der Waals surface area contributed by atoms with Gasteiger partial charge in [-0.05, 0) is 36.6 Å². The standard InChI is InChI=1S/C19H23N3O2.2C2HF3O2/c1-2-9-21-16(5-1)13-22-10-11-23-18-7-6-17(22)19(18)24-14-15-4-3-8-20-12-15;2*3-2(4,5)1(6)7/h1-5,8-9,12,17-19H,6-7,10-11,13-14H2;2*(H,6,7). The molecule has 4 rings (SSSR count). The Morgan fingerprint density at radius 2 is 1.66 bits per heavy atom. The summed E-state index contributed by atoms with van der Waals surface area (Å²) in [6.45, 7) is 3.14. The van der Waals surface area contributed by atoms with E-state index in [9.17, 15) is 26.3 Å². The van der Waals surface area contributed by atoms with Crippen molar-refractivity contribution in [3.05, 3.63) is 60.2 Å². The van der Waals surface area contributed by atoms with Crippen LogP contribution in [0.15, 0.2) is 48.9 Å². The number of rotatable bonds is 5. The zero-order valence-corrected chi connectivity index (χ0v) is 19.7. The third-order valence-corrected chi connectivity index (χ3v) is 5.41. The Hall–Kier alpha value is -3.30. The second kappa shape index (κ2) is 14.0. The summed E-state index contributed by atoms with van der Waals surface area (Å²) in [5.74, 6) is -5.51. The number of hydrogen-bond acceptors (Lipinski definition) is 7. The van der Waals surface area contributed by atoms with E-state index in [1.54, 1.807) is 6.20 Å². The van der Waals surface area contributed by atoms with Crippen LogP contribution in [0.25, 0.3) is 0 Å². The van der Waals surface area contributed by atoms with Gasteiger partial charge in [-0.25, -0.2) is 9.59 Å². The van der Waals surface area contributed by atoms with Gasteiger partial charge in [0.05, 0.1) is 31.1 Å². The number of carboxylic acids is 2. The van der Waals surface area contributed by atoms with E-state index < -0.39 is 24.3 Å². The molecular formula is C23H25F6N3O6. The fourth-order valence-electron chi connectivity index (χ4n) is 3.76. The number of aromatic nitrogens is 2. The minimum absolute atomic E-state index is 0.122. The molecule has 2 aromatic heterocycles. The second-order valence-corrected chi connectivity index (χ2v) is 8.09. The van der Waals surface area contributed by atoms with Crippen molar-refractivity contribution in [1.29, 1.82) is 0 Å². The molecule has 2 aliphatic rings. The van der Waals surface area contributed by atoms with Crippen molar-refractivity contribution in [2.75, 3.05) is 13.2 Å². The van der Waals surface area contributed by atoms with Crippen LogP contribution in [-0.2, 0) is 32.2 Å². The summed E-state index contributed by atoms with van der Waals surface area (Å²) in [4.78, 5) is 28.9. The van der Waals surface area contributed by atoms with Crippen molar-refractivity contribution < 1.29 is 55.6 Å².